The highest BCUT2D eigenvalue weighted by molar-refractivity contribution is 5.71. The van der Waals surface area contributed by atoms with Gasteiger partial charge >= 0.3 is 12.2 Å². The highest BCUT2D eigenvalue weighted by Gasteiger charge is 2.54. The molecule has 0 radical (unpaired) electrons. The average molecular weight is 441 g/mol. The van der Waals surface area contributed by atoms with Gasteiger partial charge < -0.3 is 14.7 Å². The number of rotatable bonds is 2. The van der Waals surface area contributed by atoms with Crippen LogP contribution in [-0.2, 0) is 16.7 Å². The Morgan fingerprint density at radius 1 is 1.09 bits per heavy atom. The van der Waals surface area contributed by atoms with Gasteiger partial charge in [-0.05, 0) is 62.4 Å². The lowest BCUT2D eigenvalue weighted by Crippen LogP contribution is -2.58. The molecule has 1 saturated heterocycles. The van der Waals surface area contributed by atoms with Crippen LogP contribution in [0, 0.1) is 11.7 Å². The number of likely N-dealkylation sites (tertiary alicyclic amines) is 1. The van der Waals surface area contributed by atoms with Gasteiger partial charge in [-0.3, -0.25) is 4.90 Å². The summed E-state index contributed by atoms with van der Waals surface area (Å²) in [5.74, 6) is -0.588. The molecule has 32 heavy (non-hydrogen) atoms. The number of hydrogen-bond donors (Lipinski definition) is 1. The normalized spacial score (nSPS) is 23.1. The Labute approximate surface area is 187 Å². The van der Waals surface area contributed by atoms with Gasteiger partial charge in [0.1, 0.15) is 17.0 Å². The van der Waals surface area contributed by atoms with E-state index < -0.39 is 23.3 Å². The van der Waals surface area contributed by atoms with Crippen LogP contribution in [0.5, 0.6) is 0 Å². The molecule has 0 saturated carbocycles. The summed E-state index contributed by atoms with van der Waals surface area (Å²) in [5.41, 5.74) is 1.05. The lowest BCUT2D eigenvalue weighted by atomic mass is 9.67. The summed E-state index contributed by atoms with van der Waals surface area (Å²) in [5, 5.41) is 10.3. The number of carbonyl (C=O) groups excluding carboxylic acids is 1. The van der Waals surface area contributed by atoms with Crippen molar-refractivity contribution in [2.45, 2.75) is 44.8 Å². The van der Waals surface area contributed by atoms with Crippen LogP contribution >= 0.6 is 0 Å². The molecule has 2 aromatic carbocycles. The molecule has 0 spiro atoms. The van der Waals surface area contributed by atoms with Gasteiger partial charge in [0.15, 0.2) is 0 Å². The van der Waals surface area contributed by atoms with E-state index >= 15 is 0 Å². The predicted octanol–water partition coefficient (Wildman–Crippen LogP) is 4.86. The van der Waals surface area contributed by atoms with Crippen LogP contribution in [0.4, 0.5) is 14.0 Å². The Morgan fingerprint density at radius 3 is 2.44 bits per heavy atom. The third kappa shape index (κ3) is 3.80. The summed E-state index contributed by atoms with van der Waals surface area (Å²) in [7, 11) is 0. The number of hydrogen-bond acceptors (Lipinski definition) is 3. The van der Waals surface area contributed by atoms with Crippen molar-refractivity contribution in [1.82, 2.24) is 9.80 Å². The first-order chi connectivity index (χ1) is 15.1. The molecule has 4 rings (SSSR count). The molecule has 6 nitrogen and oxygen atoms in total. The molecule has 170 valence electrons. The molecule has 2 aliphatic heterocycles. The average Bonchev–Trinajstić information content (AvgIpc) is 3.23. The fourth-order valence-electron chi connectivity index (χ4n) is 5.20. The number of amides is 2. The second-order valence-corrected chi connectivity index (χ2v) is 9.53. The van der Waals surface area contributed by atoms with Gasteiger partial charge in [0.25, 0.3) is 0 Å². The first kappa shape index (κ1) is 22.1. The fraction of sp³-hybridized carbons (Fsp3) is 0.440. The van der Waals surface area contributed by atoms with Crippen LogP contribution in [-0.4, -0.2) is 52.3 Å². The van der Waals surface area contributed by atoms with E-state index in [1.807, 2.05) is 45.0 Å². The Bertz CT molecular complexity index is 1020. The van der Waals surface area contributed by atoms with Crippen LogP contribution in [0.2, 0.25) is 0 Å². The van der Waals surface area contributed by atoms with Crippen molar-refractivity contribution in [2.75, 3.05) is 19.6 Å². The maximum atomic E-state index is 13.8. The van der Waals surface area contributed by atoms with E-state index in [0.717, 1.165) is 11.1 Å². The summed E-state index contributed by atoms with van der Waals surface area (Å²) >= 11 is 0. The standard InChI is InChI=1S/C25H29FN2O4/c1-24(2,3)32-23(31)27-14-13-19(16-27)25(18-8-10-20(26)11-9-18)21-7-5-4-6-17(21)12-15-28(25)22(29)30/h4-11,19H,12-16H2,1-3H3,(H,29,30)/t19-,25+/m0/s1. The topological polar surface area (TPSA) is 70.1 Å². The van der Waals surface area contributed by atoms with Gasteiger partial charge in [0.2, 0.25) is 0 Å². The van der Waals surface area contributed by atoms with E-state index in [-0.39, 0.29) is 11.7 Å². The van der Waals surface area contributed by atoms with Crippen LogP contribution in [0.25, 0.3) is 0 Å². The van der Waals surface area contributed by atoms with E-state index in [0.29, 0.717) is 38.0 Å². The van der Waals surface area contributed by atoms with E-state index in [4.69, 9.17) is 4.74 Å². The van der Waals surface area contributed by atoms with Gasteiger partial charge in [0, 0.05) is 25.6 Å². The van der Waals surface area contributed by atoms with Crippen molar-refractivity contribution < 1.29 is 23.8 Å². The second kappa shape index (κ2) is 8.11. The first-order valence-electron chi connectivity index (χ1n) is 11.0. The molecular formula is C25H29FN2O4. The molecule has 1 N–H and O–H groups in total. The van der Waals surface area contributed by atoms with Crippen molar-refractivity contribution in [3.8, 4) is 0 Å². The van der Waals surface area contributed by atoms with Crippen LogP contribution in [0.3, 0.4) is 0 Å². The molecule has 2 aliphatic rings. The highest BCUT2D eigenvalue weighted by atomic mass is 19.1. The zero-order chi connectivity index (χ0) is 23.1. The smallest absolute Gasteiger partial charge is 0.410 e. The van der Waals surface area contributed by atoms with Crippen molar-refractivity contribution >= 4 is 12.2 Å². The van der Waals surface area contributed by atoms with E-state index in [1.54, 1.807) is 17.0 Å². The third-order valence-electron chi connectivity index (χ3n) is 6.40. The van der Waals surface area contributed by atoms with Crippen LogP contribution in [0.15, 0.2) is 48.5 Å². The molecule has 0 aromatic heterocycles. The predicted molar refractivity (Wildman–Crippen MR) is 118 cm³/mol. The molecule has 2 atom stereocenters. The first-order valence-corrected chi connectivity index (χ1v) is 11.0. The van der Waals surface area contributed by atoms with Crippen LogP contribution < -0.4 is 0 Å². The molecule has 0 aliphatic carbocycles. The maximum Gasteiger partial charge on any atom is 0.410 e. The molecule has 0 unspecified atom stereocenters. The Balaban J connectivity index is 1.84. The molecule has 0 bridgehead atoms. The highest BCUT2D eigenvalue weighted by Crippen LogP contribution is 2.49. The Hall–Kier alpha value is -3.09. The minimum Gasteiger partial charge on any atom is -0.465 e. The number of carboxylic acid groups (broad SMARTS) is 1. The number of halogens is 1. The Kier molecular flexibility index (Phi) is 5.61. The number of ether oxygens (including phenoxy) is 1. The molecular weight excluding hydrogens is 411 g/mol. The summed E-state index contributed by atoms with van der Waals surface area (Å²) in [6, 6.07) is 13.9. The van der Waals surface area contributed by atoms with Crippen molar-refractivity contribution in [1.29, 1.82) is 0 Å². The zero-order valence-electron chi connectivity index (χ0n) is 18.7. The van der Waals surface area contributed by atoms with E-state index in [1.165, 1.54) is 17.0 Å². The number of nitrogens with zero attached hydrogens (tertiary/aromatic N) is 2. The second-order valence-electron chi connectivity index (χ2n) is 9.53. The SMILES string of the molecule is CC(C)(C)OC(=O)N1CC[C@H]([C@]2(c3ccc(F)cc3)c3ccccc3CCN2C(=O)O)C1. The maximum absolute atomic E-state index is 13.8. The third-order valence-corrected chi connectivity index (χ3v) is 6.40. The number of benzene rings is 2. The van der Waals surface area contributed by atoms with Crippen molar-refractivity contribution in [3.63, 3.8) is 0 Å². The van der Waals surface area contributed by atoms with E-state index in [2.05, 4.69) is 0 Å². The Morgan fingerprint density at radius 2 is 1.78 bits per heavy atom. The molecule has 1 fully saturated rings. The zero-order valence-corrected chi connectivity index (χ0v) is 18.7. The monoisotopic (exact) mass is 440 g/mol. The molecule has 7 heteroatoms. The van der Waals surface area contributed by atoms with E-state index in [9.17, 15) is 19.1 Å². The fourth-order valence-corrected chi connectivity index (χ4v) is 5.20. The summed E-state index contributed by atoms with van der Waals surface area (Å²) in [4.78, 5) is 28.4. The van der Waals surface area contributed by atoms with Gasteiger partial charge in [-0.1, -0.05) is 36.4 Å². The molecule has 2 amide bonds. The summed E-state index contributed by atoms with van der Waals surface area (Å²) < 4.78 is 19.4. The van der Waals surface area contributed by atoms with Gasteiger partial charge in [-0.15, -0.1) is 0 Å². The van der Waals surface area contributed by atoms with Gasteiger partial charge in [0.05, 0.1) is 0 Å². The van der Waals surface area contributed by atoms with Crippen LogP contribution in [0.1, 0.15) is 43.9 Å². The summed E-state index contributed by atoms with van der Waals surface area (Å²) in [6.45, 7) is 6.61. The molecule has 2 aromatic rings. The van der Waals surface area contributed by atoms with Gasteiger partial charge in [-0.2, -0.15) is 0 Å². The van der Waals surface area contributed by atoms with Crippen molar-refractivity contribution in [3.05, 3.63) is 71.0 Å². The van der Waals surface area contributed by atoms with Gasteiger partial charge in [-0.25, -0.2) is 14.0 Å². The summed E-state index contributed by atoms with van der Waals surface area (Å²) in [6.07, 6.45) is -0.220. The minimum absolute atomic E-state index is 0.210. The largest absolute Gasteiger partial charge is 0.465 e. The number of carbonyl (C=O) groups is 2. The lowest BCUT2D eigenvalue weighted by molar-refractivity contribution is 0.0243. The minimum atomic E-state index is -1.03. The quantitative estimate of drug-likeness (QED) is 0.724. The number of fused-ring (bicyclic) bond motifs is 1. The lowest BCUT2D eigenvalue weighted by Gasteiger charge is -2.51. The van der Waals surface area contributed by atoms with Crippen molar-refractivity contribution in [2.24, 2.45) is 5.92 Å². The molecule has 2 heterocycles.